The van der Waals surface area contributed by atoms with Gasteiger partial charge in [0, 0.05) is 37.9 Å². The van der Waals surface area contributed by atoms with Gasteiger partial charge in [0.25, 0.3) is 0 Å². The highest BCUT2D eigenvalue weighted by atomic mass is 16.5. The smallest absolute Gasteiger partial charge is 0.406 e. The molecule has 6 nitrogen and oxygen atoms in total. The van der Waals surface area contributed by atoms with Crippen LogP contribution < -0.4 is 5.32 Å². The second-order valence-corrected chi connectivity index (χ2v) is 7.47. The van der Waals surface area contributed by atoms with E-state index in [2.05, 4.69) is 32.1 Å². The van der Waals surface area contributed by atoms with Crippen molar-refractivity contribution in [2.75, 3.05) is 26.7 Å². The molecule has 142 valence electrons. The van der Waals surface area contributed by atoms with Crippen LogP contribution >= 0.6 is 0 Å². The van der Waals surface area contributed by atoms with Crippen LogP contribution in [0.2, 0.25) is 0 Å². The third-order valence-corrected chi connectivity index (χ3v) is 5.90. The second-order valence-electron chi connectivity index (χ2n) is 7.47. The fourth-order valence-electron chi connectivity index (χ4n) is 4.24. The summed E-state index contributed by atoms with van der Waals surface area (Å²) >= 11 is 0. The highest BCUT2D eigenvalue weighted by Gasteiger charge is 2.31. The van der Waals surface area contributed by atoms with Crippen LogP contribution in [0, 0.1) is 11.8 Å². The van der Waals surface area contributed by atoms with E-state index in [1.54, 1.807) is 0 Å². The SMILES string of the molecule is COC(=O)NCC1CCC(C(=O)N2CCC(c3ccncc3)CC2)CC1. The largest absolute Gasteiger partial charge is 0.453 e. The number of nitrogens with one attached hydrogen (secondary N) is 1. The van der Waals surface area contributed by atoms with Crippen molar-refractivity contribution >= 4 is 12.0 Å². The molecule has 1 aromatic rings. The van der Waals surface area contributed by atoms with Gasteiger partial charge in [0.05, 0.1) is 7.11 Å². The molecule has 1 N–H and O–H groups in total. The van der Waals surface area contributed by atoms with Crippen LogP contribution in [0.5, 0.6) is 0 Å². The number of amides is 2. The Kier molecular flexibility index (Phi) is 6.47. The molecule has 1 saturated carbocycles. The molecule has 1 aliphatic carbocycles. The number of ether oxygens (including phenoxy) is 1. The lowest BCUT2D eigenvalue weighted by molar-refractivity contribution is -0.138. The summed E-state index contributed by atoms with van der Waals surface area (Å²) in [6.07, 6.45) is 9.23. The minimum absolute atomic E-state index is 0.154. The number of piperidine rings is 1. The van der Waals surface area contributed by atoms with E-state index in [-0.39, 0.29) is 12.0 Å². The maximum absolute atomic E-state index is 12.8. The number of pyridine rings is 1. The Morgan fingerprint density at radius 1 is 1.12 bits per heavy atom. The van der Waals surface area contributed by atoms with Crippen molar-refractivity contribution in [3.8, 4) is 0 Å². The normalized spacial score (nSPS) is 24.1. The minimum atomic E-state index is -0.375. The van der Waals surface area contributed by atoms with Crippen LogP contribution in [0.4, 0.5) is 4.79 Å². The van der Waals surface area contributed by atoms with E-state index in [4.69, 9.17) is 0 Å². The number of hydrogen-bond acceptors (Lipinski definition) is 4. The number of methoxy groups -OCH3 is 1. The van der Waals surface area contributed by atoms with Crippen LogP contribution in [-0.2, 0) is 9.53 Å². The first-order chi connectivity index (χ1) is 12.7. The maximum Gasteiger partial charge on any atom is 0.406 e. The Morgan fingerprint density at radius 3 is 2.38 bits per heavy atom. The second kappa shape index (κ2) is 9.01. The van der Waals surface area contributed by atoms with Gasteiger partial charge in [0.15, 0.2) is 0 Å². The van der Waals surface area contributed by atoms with Gasteiger partial charge in [-0.25, -0.2) is 4.79 Å². The molecule has 0 spiro atoms. The van der Waals surface area contributed by atoms with Gasteiger partial charge < -0.3 is 15.0 Å². The molecular weight excluding hydrogens is 330 g/mol. The lowest BCUT2D eigenvalue weighted by Crippen LogP contribution is -2.42. The van der Waals surface area contributed by atoms with Crippen molar-refractivity contribution < 1.29 is 14.3 Å². The fourth-order valence-corrected chi connectivity index (χ4v) is 4.24. The number of hydrogen-bond donors (Lipinski definition) is 1. The Morgan fingerprint density at radius 2 is 1.77 bits per heavy atom. The summed E-state index contributed by atoms with van der Waals surface area (Å²) in [6, 6.07) is 4.18. The van der Waals surface area contributed by atoms with E-state index >= 15 is 0 Å². The van der Waals surface area contributed by atoms with Crippen LogP contribution in [0.15, 0.2) is 24.5 Å². The molecule has 0 atom stereocenters. The first kappa shape index (κ1) is 18.7. The van der Waals surface area contributed by atoms with Crippen molar-refractivity contribution in [3.05, 3.63) is 30.1 Å². The van der Waals surface area contributed by atoms with Crippen molar-refractivity contribution in [1.82, 2.24) is 15.2 Å². The van der Waals surface area contributed by atoms with Gasteiger partial charge in [0.1, 0.15) is 0 Å². The Bertz CT molecular complexity index is 592. The van der Waals surface area contributed by atoms with Crippen molar-refractivity contribution in [2.24, 2.45) is 11.8 Å². The van der Waals surface area contributed by atoms with Crippen molar-refractivity contribution in [1.29, 1.82) is 0 Å². The molecule has 2 heterocycles. The number of alkyl carbamates (subject to hydrolysis) is 1. The molecule has 6 heteroatoms. The molecule has 2 fully saturated rings. The van der Waals surface area contributed by atoms with Gasteiger partial charge in [-0.1, -0.05) is 0 Å². The zero-order valence-corrected chi connectivity index (χ0v) is 15.5. The first-order valence-electron chi connectivity index (χ1n) is 9.68. The molecule has 1 saturated heterocycles. The molecule has 0 bridgehead atoms. The number of carbonyl (C=O) groups is 2. The number of nitrogens with zero attached hydrogens (tertiary/aromatic N) is 2. The lowest BCUT2D eigenvalue weighted by Gasteiger charge is -2.36. The van der Waals surface area contributed by atoms with Crippen LogP contribution in [0.3, 0.4) is 0 Å². The van der Waals surface area contributed by atoms with Crippen molar-refractivity contribution in [2.45, 2.75) is 44.4 Å². The molecule has 26 heavy (non-hydrogen) atoms. The molecule has 3 rings (SSSR count). The molecule has 2 amide bonds. The van der Waals surface area contributed by atoms with E-state index in [9.17, 15) is 9.59 Å². The average molecular weight is 359 g/mol. The van der Waals surface area contributed by atoms with Crippen LogP contribution in [0.25, 0.3) is 0 Å². The highest BCUT2D eigenvalue weighted by Crippen LogP contribution is 2.32. The zero-order chi connectivity index (χ0) is 18.4. The third kappa shape index (κ3) is 4.74. The van der Waals surface area contributed by atoms with E-state index in [0.717, 1.165) is 51.6 Å². The number of carbonyl (C=O) groups excluding carboxylic acids is 2. The summed E-state index contributed by atoms with van der Waals surface area (Å²) in [5.41, 5.74) is 1.34. The topological polar surface area (TPSA) is 71.5 Å². The standard InChI is InChI=1S/C20H29N3O3/c1-26-20(25)22-14-15-2-4-18(5-3-15)19(24)23-12-8-17(9-13-23)16-6-10-21-11-7-16/h6-7,10-11,15,17-18H,2-5,8-9,12-14H2,1H3,(H,22,25). The number of aromatic nitrogens is 1. The quantitative estimate of drug-likeness (QED) is 0.897. The predicted molar refractivity (Wildman–Crippen MR) is 98.6 cm³/mol. The molecule has 0 aromatic carbocycles. The number of likely N-dealkylation sites (tertiary alicyclic amines) is 1. The van der Waals surface area contributed by atoms with E-state index in [0.29, 0.717) is 24.3 Å². The van der Waals surface area contributed by atoms with E-state index < -0.39 is 0 Å². The Balaban J connectivity index is 1.41. The fraction of sp³-hybridized carbons (Fsp3) is 0.650. The van der Waals surface area contributed by atoms with Gasteiger partial charge >= 0.3 is 6.09 Å². The summed E-state index contributed by atoms with van der Waals surface area (Å²) in [5, 5.41) is 2.77. The van der Waals surface area contributed by atoms with Gasteiger partial charge in [-0.15, -0.1) is 0 Å². The summed E-state index contributed by atoms with van der Waals surface area (Å²) < 4.78 is 4.61. The Labute approximate surface area is 155 Å². The maximum atomic E-state index is 12.8. The van der Waals surface area contributed by atoms with Crippen molar-refractivity contribution in [3.63, 3.8) is 0 Å². The first-order valence-corrected chi connectivity index (χ1v) is 9.68. The molecular formula is C20H29N3O3. The summed E-state index contributed by atoms with van der Waals surface area (Å²) in [4.78, 5) is 30.2. The van der Waals surface area contributed by atoms with E-state index in [1.165, 1.54) is 12.7 Å². The predicted octanol–water partition coefficient (Wildman–Crippen LogP) is 2.95. The van der Waals surface area contributed by atoms with Crippen LogP contribution in [0.1, 0.15) is 50.0 Å². The van der Waals surface area contributed by atoms with Gasteiger partial charge in [-0.05, 0) is 68.1 Å². The monoisotopic (exact) mass is 359 g/mol. The summed E-state index contributed by atoms with van der Waals surface area (Å²) in [7, 11) is 1.38. The Hall–Kier alpha value is -2.11. The third-order valence-electron chi connectivity index (χ3n) is 5.90. The lowest BCUT2D eigenvalue weighted by atomic mass is 9.80. The van der Waals surface area contributed by atoms with Crippen LogP contribution in [-0.4, -0.2) is 48.6 Å². The average Bonchev–Trinajstić information content (AvgIpc) is 2.72. The molecule has 2 aliphatic rings. The van der Waals surface area contributed by atoms with Gasteiger partial charge in [-0.2, -0.15) is 0 Å². The summed E-state index contributed by atoms with van der Waals surface area (Å²) in [5.74, 6) is 1.48. The molecule has 0 unspecified atom stereocenters. The van der Waals surface area contributed by atoms with Gasteiger partial charge in [0.2, 0.25) is 5.91 Å². The van der Waals surface area contributed by atoms with E-state index in [1.807, 2.05) is 12.4 Å². The minimum Gasteiger partial charge on any atom is -0.453 e. The summed E-state index contributed by atoms with van der Waals surface area (Å²) in [6.45, 7) is 2.36. The highest BCUT2D eigenvalue weighted by molar-refractivity contribution is 5.79. The molecule has 1 aromatic heterocycles. The number of rotatable bonds is 4. The van der Waals surface area contributed by atoms with Gasteiger partial charge in [-0.3, -0.25) is 9.78 Å². The molecule has 0 radical (unpaired) electrons. The molecule has 1 aliphatic heterocycles. The zero-order valence-electron chi connectivity index (χ0n) is 15.5.